The molecule has 0 aliphatic carbocycles. The number of rotatable bonds is 3. The monoisotopic (exact) mass is 350 g/mol. The summed E-state index contributed by atoms with van der Waals surface area (Å²) in [6.45, 7) is 6.75. The van der Waals surface area contributed by atoms with E-state index in [9.17, 15) is 15.0 Å². The van der Waals surface area contributed by atoms with Crippen molar-refractivity contribution in [2.45, 2.75) is 63.5 Å². The number of thioether (sulfide) groups is 1. The van der Waals surface area contributed by atoms with Gasteiger partial charge in [0.05, 0.1) is 12.7 Å². The Labute approximate surface area is 140 Å². The number of hydrogen-bond donors (Lipinski definition) is 4. The van der Waals surface area contributed by atoms with Crippen molar-refractivity contribution in [3.63, 3.8) is 0 Å². The molecular weight excluding hydrogens is 324 g/mol. The Morgan fingerprint density at radius 3 is 2.52 bits per heavy atom. The Kier molecular flexibility index (Phi) is 7.28. The molecule has 23 heavy (non-hydrogen) atoms. The molecule has 1 saturated heterocycles. The third kappa shape index (κ3) is 5.92. The van der Waals surface area contributed by atoms with Gasteiger partial charge in [-0.3, -0.25) is 10.3 Å². The molecule has 1 amide bonds. The highest BCUT2D eigenvalue weighted by atomic mass is 32.2. The van der Waals surface area contributed by atoms with E-state index in [4.69, 9.17) is 20.0 Å². The fraction of sp³-hybridized carbons (Fsp3) is 0.857. The van der Waals surface area contributed by atoms with E-state index in [2.05, 4.69) is 0 Å². The first kappa shape index (κ1) is 20.2. The lowest BCUT2D eigenvalue weighted by atomic mass is 10.0. The van der Waals surface area contributed by atoms with Crippen molar-refractivity contribution in [1.82, 2.24) is 4.90 Å². The van der Waals surface area contributed by atoms with Gasteiger partial charge in [0.15, 0.2) is 5.17 Å². The van der Waals surface area contributed by atoms with Crippen LogP contribution in [-0.2, 0) is 9.47 Å². The van der Waals surface area contributed by atoms with E-state index in [1.807, 2.05) is 0 Å². The zero-order valence-electron chi connectivity index (χ0n) is 13.9. The van der Waals surface area contributed by atoms with Crippen molar-refractivity contribution in [1.29, 1.82) is 5.41 Å². The first-order valence-electron chi connectivity index (χ1n) is 7.47. The summed E-state index contributed by atoms with van der Waals surface area (Å²) in [5.74, 6) is 0. The van der Waals surface area contributed by atoms with Crippen LogP contribution in [0.4, 0.5) is 4.79 Å². The molecule has 1 fully saturated rings. The normalized spacial score (nSPS) is 28.3. The fourth-order valence-electron chi connectivity index (χ4n) is 2.00. The molecule has 4 atom stereocenters. The number of carbonyl (C=O) groups is 1. The van der Waals surface area contributed by atoms with Crippen molar-refractivity contribution >= 4 is 23.0 Å². The molecule has 9 heteroatoms. The summed E-state index contributed by atoms with van der Waals surface area (Å²) in [6.07, 6.45) is -3.67. The van der Waals surface area contributed by atoms with Crippen LogP contribution >= 0.6 is 11.8 Å². The first-order valence-corrected chi connectivity index (χ1v) is 8.35. The summed E-state index contributed by atoms with van der Waals surface area (Å²) in [5.41, 5.74) is -1.31. The minimum absolute atomic E-state index is 0.0768. The number of aliphatic hydroxyl groups excluding tert-OH is 3. The molecule has 1 heterocycles. The number of amides is 1. The first-order chi connectivity index (χ1) is 10.6. The number of nitrogens with one attached hydrogen (secondary N) is 1. The van der Waals surface area contributed by atoms with Gasteiger partial charge in [-0.2, -0.15) is 0 Å². The summed E-state index contributed by atoms with van der Waals surface area (Å²) in [7, 11) is 0. The van der Waals surface area contributed by atoms with Gasteiger partial charge in [-0.25, -0.2) is 4.79 Å². The van der Waals surface area contributed by atoms with Crippen molar-refractivity contribution in [3.05, 3.63) is 0 Å². The van der Waals surface area contributed by atoms with Gasteiger partial charge < -0.3 is 24.8 Å². The predicted molar refractivity (Wildman–Crippen MR) is 86.3 cm³/mol. The molecule has 134 valence electrons. The minimum atomic E-state index is -1.17. The number of carbonyl (C=O) groups excluding carboxylic acids is 1. The zero-order chi connectivity index (χ0) is 17.8. The average Bonchev–Trinajstić information content (AvgIpc) is 2.41. The molecule has 4 N–H and O–H groups in total. The van der Waals surface area contributed by atoms with Crippen LogP contribution in [0.25, 0.3) is 0 Å². The third-order valence-corrected chi connectivity index (χ3v) is 4.14. The van der Waals surface area contributed by atoms with Gasteiger partial charge in [0.1, 0.15) is 23.2 Å². The second kappa shape index (κ2) is 8.29. The highest BCUT2D eigenvalue weighted by Crippen LogP contribution is 2.29. The molecular formula is C14H26N2O6S. The van der Waals surface area contributed by atoms with Crippen molar-refractivity contribution < 1.29 is 29.6 Å². The van der Waals surface area contributed by atoms with E-state index in [0.29, 0.717) is 0 Å². The topological polar surface area (TPSA) is 123 Å². The zero-order valence-corrected chi connectivity index (χ0v) is 14.7. The Bertz CT molecular complexity index is 428. The van der Waals surface area contributed by atoms with E-state index in [1.54, 1.807) is 27.7 Å². The summed E-state index contributed by atoms with van der Waals surface area (Å²) < 4.78 is 10.7. The fourth-order valence-corrected chi connectivity index (χ4v) is 3.07. The van der Waals surface area contributed by atoms with Crippen LogP contribution in [0.2, 0.25) is 0 Å². The number of nitrogens with zero attached hydrogens (tertiary/aromatic N) is 1. The highest BCUT2D eigenvalue weighted by molar-refractivity contribution is 8.14. The maximum absolute atomic E-state index is 12.1. The molecule has 2 unspecified atom stereocenters. The summed E-state index contributed by atoms with van der Waals surface area (Å²) in [6, 6.07) is 0. The van der Waals surface area contributed by atoms with Crippen molar-refractivity contribution in [2.75, 3.05) is 13.2 Å². The third-order valence-electron chi connectivity index (χ3n) is 3.13. The van der Waals surface area contributed by atoms with Crippen molar-refractivity contribution in [2.24, 2.45) is 0 Å². The number of amidine groups is 1. The maximum atomic E-state index is 12.1. The summed E-state index contributed by atoms with van der Waals surface area (Å²) in [4.78, 5) is 13.2. The number of hydrogen-bond acceptors (Lipinski definition) is 8. The van der Waals surface area contributed by atoms with Gasteiger partial charge in [-0.15, -0.1) is 0 Å². The molecule has 0 aromatic heterocycles. The Morgan fingerprint density at radius 1 is 1.43 bits per heavy atom. The van der Waals surface area contributed by atoms with Gasteiger partial charge >= 0.3 is 6.09 Å². The largest absolute Gasteiger partial charge is 0.443 e. The van der Waals surface area contributed by atoms with Gasteiger partial charge in [0, 0.05) is 13.0 Å². The highest BCUT2D eigenvalue weighted by Gasteiger charge is 2.38. The van der Waals surface area contributed by atoms with Crippen molar-refractivity contribution in [3.8, 4) is 0 Å². The molecule has 0 saturated carbocycles. The summed E-state index contributed by atoms with van der Waals surface area (Å²) >= 11 is 0.936. The molecule has 1 aliphatic heterocycles. The lowest BCUT2D eigenvalue weighted by molar-refractivity contribution is -0.156. The molecule has 0 aromatic rings. The summed E-state index contributed by atoms with van der Waals surface area (Å²) in [5, 5.41) is 36.6. The Balaban J connectivity index is 2.67. The Hall–Kier alpha value is -0.870. The molecule has 0 aromatic carbocycles. The van der Waals surface area contributed by atoms with Crippen LogP contribution in [0.15, 0.2) is 0 Å². The lowest BCUT2D eigenvalue weighted by Gasteiger charge is -2.36. The van der Waals surface area contributed by atoms with Crippen LogP contribution in [0.1, 0.15) is 34.1 Å². The second-order valence-corrected chi connectivity index (χ2v) is 7.38. The van der Waals surface area contributed by atoms with Gasteiger partial charge in [0.25, 0.3) is 0 Å². The number of ether oxygens (including phenoxy) is 2. The van der Waals surface area contributed by atoms with E-state index < -0.39 is 42.0 Å². The predicted octanol–water partition coefficient (Wildman–Crippen LogP) is 0.740. The second-order valence-electron chi connectivity index (χ2n) is 6.23. The van der Waals surface area contributed by atoms with E-state index >= 15 is 0 Å². The molecule has 1 rings (SSSR count). The van der Waals surface area contributed by atoms with Crippen LogP contribution in [0, 0.1) is 5.41 Å². The van der Waals surface area contributed by atoms with Crippen LogP contribution < -0.4 is 0 Å². The van der Waals surface area contributed by atoms with Crippen LogP contribution in [0.5, 0.6) is 0 Å². The van der Waals surface area contributed by atoms with E-state index in [1.165, 1.54) is 0 Å². The smallest absolute Gasteiger partial charge is 0.416 e. The van der Waals surface area contributed by atoms with Gasteiger partial charge in [-0.05, 0) is 27.7 Å². The van der Waals surface area contributed by atoms with E-state index in [-0.39, 0.29) is 18.1 Å². The SMILES string of the molecule is CCN(C(=N)S[C@@H]1CC(O)[C@H](O)C(CO)O1)C(=O)OC(C)(C)C. The standard InChI is InChI=1S/C14H26N2O6S/c1-5-16(13(20)22-14(2,3)4)12(15)23-10-6-8(18)11(19)9(7-17)21-10/h8-11,15,17-19H,5-7H2,1-4H3/t8?,9?,10-,11+/m1/s1. The molecule has 0 bridgehead atoms. The van der Waals surface area contributed by atoms with Gasteiger partial charge in [0.2, 0.25) is 0 Å². The lowest BCUT2D eigenvalue weighted by Crippen LogP contribution is -2.49. The molecule has 0 spiro atoms. The Morgan fingerprint density at radius 2 is 2.04 bits per heavy atom. The number of aliphatic hydroxyl groups is 3. The molecule has 1 aliphatic rings. The van der Waals surface area contributed by atoms with E-state index in [0.717, 1.165) is 16.7 Å². The average molecular weight is 350 g/mol. The van der Waals surface area contributed by atoms with Gasteiger partial charge in [-0.1, -0.05) is 11.8 Å². The maximum Gasteiger partial charge on any atom is 0.416 e. The van der Waals surface area contributed by atoms with Crippen LogP contribution in [-0.4, -0.2) is 74.0 Å². The van der Waals surface area contributed by atoms with Crippen LogP contribution in [0.3, 0.4) is 0 Å². The minimum Gasteiger partial charge on any atom is -0.443 e. The molecule has 8 nitrogen and oxygen atoms in total. The molecule has 0 radical (unpaired) electrons. The quantitative estimate of drug-likeness (QED) is 0.437.